The van der Waals surface area contributed by atoms with Gasteiger partial charge in [-0.25, -0.2) is 0 Å². The molecule has 0 amide bonds. The largest absolute Gasteiger partial charge is 0.389 e. The molecular weight excluding hydrogens is 158 g/mol. The van der Waals surface area contributed by atoms with Crippen molar-refractivity contribution in [3.63, 3.8) is 0 Å². The molecule has 0 aliphatic carbocycles. The first-order valence-corrected chi connectivity index (χ1v) is 4.68. The Morgan fingerprint density at radius 1 is 1.45 bits per heavy atom. The lowest BCUT2D eigenvalue weighted by atomic mass is 10.1. The van der Waals surface area contributed by atoms with Crippen LogP contribution in [0.5, 0.6) is 0 Å². The van der Waals surface area contributed by atoms with Crippen LogP contribution in [-0.4, -0.2) is 41.0 Å². The van der Waals surface area contributed by atoms with Gasteiger partial charge in [-0.05, 0) is 20.4 Å². The van der Waals surface area contributed by atoms with Crippen LogP contribution in [0.3, 0.4) is 0 Å². The van der Waals surface area contributed by atoms with Crippen molar-refractivity contribution in [1.29, 1.82) is 0 Å². The molecule has 0 aromatic rings. The Balaban J connectivity index is 3.68. The summed E-state index contributed by atoms with van der Waals surface area (Å²) in [4.78, 5) is 2.19. The highest BCUT2D eigenvalue weighted by atomic mass is 32.1. The number of aliphatic hydroxyl groups is 1. The standard InChI is InChI=1S/C8H19NOS/c1-4-9(5-6-11)7-8(2,3)10/h10-11H,4-7H2,1-3H3. The van der Waals surface area contributed by atoms with E-state index in [2.05, 4.69) is 24.5 Å². The van der Waals surface area contributed by atoms with Gasteiger partial charge >= 0.3 is 0 Å². The molecule has 0 aliphatic rings. The zero-order chi connectivity index (χ0) is 8.91. The van der Waals surface area contributed by atoms with E-state index in [1.54, 1.807) is 0 Å². The summed E-state index contributed by atoms with van der Waals surface area (Å²) in [6, 6.07) is 0. The summed E-state index contributed by atoms with van der Waals surface area (Å²) >= 11 is 4.14. The second-order valence-electron chi connectivity index (χ2n) is 3.40. The molecule has 0 aromatic carbocycles. The summed E-state index contributed by atoms with van der Waals surface area (Å²) in [6.07, 6.45) is 0. The van der Waals surface area contributed by atoms with E-state index < -0.39 is 5.60 Å². The summed E-state index contributed by atoms with van der Waals surface area (Å²) in [5, 5.41) is 9.48. The van der Waals surface area contributed by atoms with Gasteiger partial charge in [0.05, 0.1) is 5.60 Å². The second-order valence-corrected chi connectivity index (χ2v) is 3.85. The first kappa shape index (κ1) is 11.3. The van der Waals surface area contributed by atoms with Crippen molar-refractivity contribution in [2.24, 2.45) is 0 Å². The molecule has 0 bridgehead atoms. The average molecular weight is 177 g/mol. The van der Waals surface area contributed by atoms with Crippen LogP contribution in [0.4, 0.5) is 0 Å². The lowest BCUT2D eigenvalue weighted by molar-refractivity contribution is 0.0400. The molecular formula is C8H19NOS. The predicted molar refractivity (Wildman–Crippen MR) is 52.3 cm³/mol. The fraction of sp³-hybridized carbons (Fsp3) is 1.00. The number of rotatable bonds is 5. The van der Waals surface area contributed by atoms with Gasteiger partial charge in [-0.15, -0.1) is 0 Å². The number of nitrogens with zero attached hydrogens (tertiary/aromatic N) is 1. The van der Waals surface area contributed by atoms with Crippen molar-refractivity contribution in [3.8, 4) is 0 Å². The molecule has 1 N–H and O–H groups in total. The van der Waals surface area contributed by atoms with Gasteiger partial charge in [0.2, 0.25) is 0 Å². The Morgan fingerprint density at radius 3 is 2.27 bits per heavy atom. The highest BCUT2D eigenvalue weighted by Crippen LogP contribution is 2.04. The maximum absolute atomic E-state index is 9.48. The van der Waals surface area contributed by atoms with Gasteiger partial charge in [0.25, 0.3) is 0 Å². The van der Waals surface area contributed by atoms with Gasteiger partial charge in [0, 0.05) is 18.8 Å². The van der Waals surface area contributed by atoms with Gasteiger partial charge in [-0.2, -0.15) is 12.6 Å². The summed E-state index contributed by atoms with van der Waals surface area (Å²) in [6.45, 7) is 8.40. The summed E-state index contributed by atoms with van der Waals surface area (Å²) in [5.41, 5.74) is -0.584. The van der Waals surface area contributed by atoms with Crippen LogP contribution >= 0.6 is 12.6 Å². The molecule has 0 heterocycles. The molecule has 68 valence electrons. The molecule has 0 unspecified atom stereocenters. The van der Waals surface area contributed by atoms with Crippen molar-refractivity contribution in [3.05, 3.63) is 0 Å². The van der Waals surface area contributed by atoms with Crippen molar-refractivity contribution in [2.75, 3.05) is 25.4 Å². The smallest absolute Gasteiger partial charge is 0.0718 e. The van der Waals surface area contributed by atoms with Crippen molar-refractivity contribution < 1.29 is 5.11 Å². The Hall–Kier alpha value is 0.270. The zero-order valence-corrected chi connectivity index (χ0v) is 8.56. The predicted octanol–water partition coefficient (Wildman–Crippen LogP) is 1.01. The minimum atomic E-state index is -0.584. The van der Waals surface area contributed by atoms with Crippen LogP contribution in [0.15, 0.2) is 0 Å². The Labute approximate surface area is 75.0 Å². The average Bonchev–Trinajstić information content (AvgIpc) is 1.84. The highest BCUT2D eigenvalue weighted by molar-refractivity contribution is 7.80. The molecule has 0 radical (unpaired) electrons. The van der Waals surface area contributed by atoms with E-state index in [1.807, 2.05) is 13.8 Å². The van der Waals surface area contributed by atoms with Crippen molar-refractivity contribution >= 4 is 12.6 Å². The molecule has 0 spiro atoms. The van der Waals surface area contributed by atoms with Crippen LogP contribution < -0.4 is 0 Å². The summed E-state index contributed by atoms with van der Waals surface area (Å²) < 4.78 is 0. The van der Waals surface area contributed by atoms with E-state index in [0.29, 0.717) is 0 Å². The molecule has 0 fully saturated rings. The first-order chi connectivity index (χ1) is 4.99. The van der Waals surface area contributed by atoms with Crippen LogP contribution in [-0.2, 0) is 0 Å². The normalized spacial score (nSPS) is 12.5. The van der Waals surface area contributed by atoms with Gasteiger partial charge in [-0.3, -0.25) is 4.90 Å². The Bertz CT molecular complexity index is 101. The summed E-state index contributed by atoms with van der Waals surface area (Å²) in [7, 11) is 0. The SMILES string of the molecule is CCN(CCS)CC(C)(C)O. The van der Waals surface area contributed by atoms with Crippen LogP contribution in [0, 0.1) is 0 Å². The topological polar surface area (TPSA) is 23.5 Å². The molecule has 0 aliphatic heterocycles. The van der Waals surface area contributed by atoms with Gasteiger partial charge < -0.3 is 5.11 Å². The molecule has 0 saturated carbocycles. The van der Waals surface area contributed by atoms with Crippen LogP contribution in [0.25, 0.3) is 0 Å². The molecule has 11 heavy (non-hydrogen) atoms. The maximum atomic E-state index is 9.48. The van der Waals surface area contributed by atoms with Gasteiger partial charge in [-0.1, -0.05) is 6.92 Å². The molecule has 0 aromatic heterocycles. The van der Waals surface area contributed by atoms with E-state index >= 15 is 0 Å². The third-order valence-corrected chi connectivity index (χ3v) is 1.67. The molecule has 2 nitrogen and oxygen atoms in total. The quantitative estimate of drug-likeness (QED) is 0.612. The molecule has 0 rings (SSSR count). The van der Waals surface area contributed by atoms with E-state index in [1.165, 1.54) is 0 Å². The molecule has 0 atom stereocenters. The van der Waals surface area contributed by atoms with E-state index in [9.17, 15) is 5.11 Å². The van der Waals surface area contributed by atoms with Gasteiger partial charge in [0.1, 0.15) is 0 Å². The van der Waals surface area contributed by atoms with Crippen LogP contribution in [0.1, 0.15) is 20.8 Å². The van der Waals surface area contributed by atoms with Gasteiger partial charge in [0.15, 0.2) is 0 Å². The maximum Gasteiger partial charge on any atom is 0.0718 e. The highest BCUT2D eigenvalue weighted by Gasteiger charge is 2.15. The van der Waals surface area contributed by atoms with E-state index in [0.717, 1.165) is 25.4 Å². The Morgan fingerprint density at radius 2 is 2.00 bits per heavy atom. The fourth-order valence-electron chi connectivity index (χ4n) is 1.04. The third-order valence-electron chi connectivity index (χ3n) is 1.47. The minimum absolute atomic E-state index is 0.584. The van der Waals surface area contributed by atoms with Crippen molar-refractivity contribution in [1.82, 2.24) is 4.90 Å². The van der Waals surface area contributed by atoms with E-state index in [-0.39, 0.29) is 0 Å². The van der Waals surface area contributed by atoms with Crippen LogP contribution in [0.2, 0.25) is 0 Å². The minimum Gasteiger partial charge on any atom is -0.389 e. The molecule has 0 saturated heterocycles. The fourth-order valence-corrected chi connectivity index (χ4v) is 1.32. The first-order valence-electron chi connectivity index (χ1n) is 4.05. The second kappa shape index (κ2) is 5.01. The number of hydrogen-bond acceptors (Lipinski definition) is 3. The third kappa shape index (κ3) is 6.66. The van der Waals surface area contributed by atoms with Crippen molar-refractivity contribution in [2.45, 2.75) is 26.4 Å². The lowest BCUT2D eigenvalue weighted by Gasteiger charge is -2.27. The number of hydrogen-bond donors (Lipinski definition) is 2. The van der Waals surface area contributed by atoms with E-state index in [4.69, 9.17) is 0 Å². The zero-order valence-electron chi connectivity index (χ0n) is 7.67. The number of thiol groups is 1. The molecule has 3 heteroatoms. The summed E-state index contributed by atoms with van der Waals surface area (Å²) in [5.74, 6) is 0.851. The Kier molecular flexibility index (Phi) is 5.13. The monoisotopic (exact) mass is 177 g/mol. The number of likely N-dealkylation sites (N-methyl/N-ethyl adjacent to an activating group) is 1. The lowest BCUT2D eigenvalue weighted by Crippen LogP contribution is -2.39.